The summed E-state index contributed by atoms with van der Waals surface area (Å²) in [6.45, 7) is 1.44. The predicted octanol–water partition coefficient (Wildman–Crippen LogP) is 1.14. The van der Waals surface area contributed by atoms with Crippen LogP contribution in [-0.4, -0.2) is 49.2 Å². The highest BCUT2D eigenvalue weighted by molar-refractivity contribution is 5.99. The molecule has 6 nitrogen and oxygen atoms in total. The van der Waals surface area contributed by atoms with E-state index in [1.165, 1.54) is 11.0 Å². The lowest BCUT2D eigenvalue weighted by Crippen LogP contribution is -2.34. The number of alkyl halides is 3. The van der Waals surface area contributed by atoms with E-state index in [-0.39, 0.29) is 36.0 Å². The number of amides is 2. The first-order chi connectivity index (χ1) is 12.3. The average molecular weight is 371 g/mol. The molecule has 2 saturated heterocycles. The zero-order valence-corrected chi connectivity index (χ0v) is 14.0. The minimum atomic E-state index is -4.63. The minimum Gasteiger partial charge on any atom is -0.391 e. The fraction of sp³-hybridized carbons (Fsp3) is 0.529. The molecule has 1 aromatic rings. The maximum Gasteiger partial charge on any atom is 0.416 e. The Hall–Kier alpha value is -2.13. The van der Waals surface area contributed by atoms with E-state index < -0.39 is 23.8 Å². The first-order valence-corrected chi connectivity index (χ1v) is 8.45. The molecule has 142 valence electrons. The molecule has 0 aromatic heterocycles. The number of anilines is 1. The van der Waals surface area contributed by atoms with Crippen molar-refractivity contribution in [2.75, 3.05) is 31.1 Å². The molecule has 2 amide bonds. The van der Waals surface area contributed by atoms with E-state index in [0.29, 0.717) is 26.1 Å². The van der Waals surface area contributed by atoms with Crippen molar-refractivity contribution in [1.29, 1.82) is 0 Å². The summed E-state index contributed by atoms with van der Waals surface area (Å²) in [7, 11) is 0. The van der Waals surface area contributed by atoms with Gasteiger partial charge in [-0.2, -0.15) is 13.2 Å². The predicted molar refractivity (Wildman–Crippen MR) is 87.7 cm³/mol. The molecule has 0 spiro atoms. The molecule has 0 radical (unpaired) electrons. The van der Waals surface area contributed by atoms with Gasteiger partial charge in [0, 0.05) is 49.8 Å². The van der Waals surface area contributed by atoms with E-state index in [2.05, 4.69) is 10.6 Å². The Bertz CT molecular complexity index is 708. The molecular formula is C17H20F3N3O3. The normalized spacial score (nSPS) is 23.5. The van der Waals surface area contributed by atoms with Crippen LogP contribution in [0.3, 0.4) is 0 Å². The Morgan fingerprint density at radius 2 is 2.08 bits per heavy atom. The molecule has 2 unspecified atom stereocenters. The van der Waals surface area contributed by atoms with E-state index in [0.717, 1.165) is 12.1 Å². The van der Waals surface area contributed by atoms with Crippen LogP contribution in [0, 0.1) is 5.92 Å². The maximum absolute atomic E-state index is 13.2. The lowest BCUT2D eigenvalue weighted by molar-refractivity contribution is -0.137. The summed E-state index contributed by atoms with van der Waals surface area (Å²) in [5, 5.41) is 15.3. The summed E-state index contributed by atoms with van der Waals surface area (Å²) >= 11 is 0. The summed E-state index contributed by atoms with van der Waals surface area (Å²) in [5.74, 6) is -1.11. The molecule has 3 N–H and O–H groups in total. The second-order valence-corrected chi connectivity index (χ2v) is 6.61. The second-order valence-electron chi connectivity index (χ2n) is 6.61. The number of nitrogens with one attached hydrogen (secondary N) is 2. The molecule has 2 heterocycles. The first kappa shape index (κ1) is 18.7. The van der Waals surface area contributed by atoms with E-state index in [9.17, 15) is 27.9 Å². The fourth-order valence-corrected chi connectivity index (χ4v) is 3.24. The van der Waals surface area contributed by atoms with E-state index in [4.69, 9.17) is 0 Å². The van der Waals surface area contributed by atoms with Crippen molar-refractivity contribution in [2.45, 2.75) is 25.1 Å². The number of β-amino-alcohol motifs (C(OH)–C–C–N with tert-alkyl or cyclic N) is 1. The van der Waals surface area contributed by atoms with Gasteiger partial charge in [0.2, 0.25) is 5.91 Å². The van der Waals surface area contributed by atoms with Crippen LogP contribution >= 0.6 is 0 Å². The SMILES string of the molecule is O=C(NCC1CNCC1O)c1cc(N2CCCC2=O)cc(C(F)(F)F)c1. The Morgan fingerprint density at radius 1 is 1.31 bits per heavy atom. The summed E-state index contributed by atoms with van der Waals surface area (Å²) in [6, 6.07) is 2.98. The zero-order chi connectivity index (χ0) is 18.9. The van der Waals surface area contributed by atoms with Crippen LogP contribution < -0.4 is 15.5 Å². The van der Waals surface area contributed by atoms with E-state index in [1.807, 2.05) is 0 Å². The third-order valence-corrected chi connectivity index (χ3v) is 4.72. The highest BCUT2D eigenvalue weighted by Gasteiger charge is 2.34. The van der Waals surface area contributed by atoms with Gasteiger partial charge in [0.15, 0.2) is 0 Å². The number of aliphatic hydroxyl groups is 1. The smallest absolute Gasteiger partial charge is 0.391 e. The van der Waals surface area contributed by atoms with Crippen LogP contribution in [0.15, 0.2) is 18.2 Å². The third-order valence-electron chi connectivity index (χ3n) is 4.72. The van der Waals surface area contributed by atoms with Crippen molar-refractivity contribution in [2.24, 2.45) is 5.92 Å². The standard InChI is InChI=1S/C17H20F3N3O3/c18-17(19,20)12-4-10(5-13(6-12)23-3-1-2-15(23)25)16(26)22-8-11-7-21-9-14(11)24/h4-6,11,14,21,24H,1-3,7-9H2,(H,22,26). The lowest BCUT2D eigenvalue weighted by Gasteiger charge is -2.20. The molecule has 3 rings (SSSR count). The molecular weight excluding hydrogens is 351 g/mol. The number of carbonyl (C=O) groups is 2. The first-order valence-electron chi connectivity index (χ1n) is 8.45. The van der Waals surface area contributed by atoms with Gasteiger partial charge in [-0.1, -0.05) is 0 Å². The van der Waals surface area contributed by atoms with E-state index in [1.54, 1.807) is 0 Å². The van der Waals surface area contributed by atoms with Gasteiger partial charge in [0.05, 0.1) is 11.7 Å². The molecule has 2 aliphatic rings. The minimum absolute atomic E-state index is 0.0787. The maximum atomic E-state index is 13.2. The molecule has 26 heavy (non-hydrogen) atoms. The van der Waals surface area contributed by atoms with Crippen molar-refractivity contribution in [1.82, 2.24) is 10.6 Å². The summed E-state index contributed by atoms with van der Waals surface area (Å²) < 4.78 is 39.6. The average Bonchev–Trinajstić information content (AvgIpc) is 3.19. The van der Waals surface area contributed by atoms with Crippen molar-refractivity contribution >= 4 is 17.5 Å². The Labute approximate surface area is 148 Å². The quantitative estimate of drug-likeness (QED) is 0.742. The van der Waals surface area contributed by atoms with Gasteiger partial charge in [-0.25, -0.2) is 0 Å². The highest BCUT2D eigenvalue weighted by Crippen LogP contribution is 2.34. The highest BCUT2D eigenvalue weighted by atomic mass is 19.4. The number of hydrogen-bond acceptors (Lipinski definition) is 4. The number of carbonyl (C=O) groups excluding carboxylic acids is 2. The van der Waals surface area contributed by atoms with Gasteiger partial charge in [0.25, 0.3) is 5.91 Å². The fourth-order valence-electron chi connectivity index (χ4n) is 3.24. The molecule has 2 atom stereocenters. The van der Waals surface area contributed by atoms with Crippen LogP contribution in [-0.2, 0) is 11.0 Å². The Kier molecular flexibility index (Phi) is 5.19. The van der Waals surface area contributed by atoms with Crippen LogP contribution in [0.2, 0.25) is 0 Å². The molecule has 2 fully saturated rings. The lowest BCUT2D eigenvalue weighted by atomic mass is 10.1. The number of rotatable bonds is 4. The molecule has 0 bridgehead atoms. The Balaban J connectivity index is 1.82. The number of aliphatic hydroxyl groups excluding tert-OH is 1. The monoisotopic (exact) mass is 371 g/mol. The van der Waals surface area contributed by atoms with Gasteiger partial charge in [-0.05, 0) is 24.6 Å². The van der Waals surface area contributed by atoms with Crippen LogP contribution in [0.1, 0.15) is 28.8 Å². The van der Waals surface area contributed by atoms with E-state index >= 15 is 0 Å². The van der Waals surface area contributed by atoms with Crippen molar-refractivity contribution < 1.29 is 27.9 Å². The van der Waals surface area contributed by atoms with Gasteiger partial charge < -0.3 is 20.6 Å². The topological polar surface area (TPSA) is 81.7 Å². The number of halogens is 3. The van der Waals surface area contributed by atoms with Gasteiger partial charge in [-0.3, -0.25) is 9.59 Å². The largest absolute Gasteiger partial charge is 0.416 e. The summed E-state index contributed by atoms with van der Waals surface area (Å²) in [5.41, 5.74) is -1.05. The molecule has 2 aliphatic heterocycles. The van der Waals surface area contributed by atoms with Crippen molar-refractivity contribution in [3.8, 4) is 0 Å². The summed E-state index contributed by atoms with van der Waals surface area (Å²) in [6.07, 6.45) is -4.37. The number of nitrogens with zero attached hydrogens (tertiary/aromatic N) is 1. The molecule has 9 heteroatoms. The number of benzene rings is 1. The van der Waals surface area contributed by atoms with Gasteiger partial charge in [-0.15, -0.1) is 0 Å². The van der Waals surface area contributed by atoms with Crippen LogP contribution in [0.5, 0.6) is 0 Å². The molecule has 0 aliphatic carbocycles. The van der Waals surface area contributed by atoms with Crippen molar-refractivity contribution in [3.05, 3.63) is 29.3 Å². The summed E-state index contributed by atoms with van der Waals surface area (Å²) in [4.78, 5) is 25.5. The molecule has 1 aromatic carbocycles. The van der Waals surface area contributed by atoms with Gasteiger partial charge >= 0.3 is 6.18 Å². The van der Waals surface area contributed by atoms with Crippen LogP contribution in [0.4, 0.5) is 18.9 Å². The number of hydrogen-bond donors (Lipinski definition) is 3. The Morgan fingerprint density at radius 3 is 2.65 bits per heavy atom. The van der Waals surface area contributed by atoms with Crippen molar-refractivity contribution in [3.63, 3.8) is 0 Å². The second kappa shape index (κ2) is 7.24. The zero-order valence-electron chi connectivity index (χ0n) is 14.0. The molecule has 0 saturated carbocycles. The van der Waals surface area contributed by atoms with Crippen LogP contribution in [0.25, 0.3) is 0 Å². The third kappa shape index (κ3) is 3.99. The van der Waals surface area contributed by atoms with Gasteiger partial charge in [0.1, 0.15) is 0 Å².